The Labute approximate surface area is 330 Å². The Balaban J connectivity index is 0.00000497. The number of nitrogens with one attached hydrogen (secondary N) is 2. The first-order valence-corrected chi connectivity index (χ1v) is 18.1. The smallest absolute Gasteiger partial charge is 0.407 e. The van der Waals surface area contributed by atoms with Gasteiger partial charge in [0, 0.05) is 67.6 Å². The van der Waals surface area contributed by atoms with Crippen LogP contribution >= 0.6 is 0 Å². The molecule has 1 unspecified atom stereocenters. The van der Waals surface area contributed by atoms with Gasteiger partial charge in [0.25, 0.3) is 5.91 Å². The molecule has 0 aliphatic carbocycles. The van der Waals surface area contributed by atoms with Crippen LogP contribution in [-0.4, -0.2) is 87.2 Å². The van der Waals surface area contributed by atoms with Gasteiger partial charge < -0.3 is 53.8 Å². The maximum atomic E-state index is 15.4. The number of fused-ring (bicyclic) bond motifs is 1. The van der Waals surface area contributed by atoms with Gasteiger partial charge >= 0.3 is 6.09 Å². The van der Waals surface area contributed by atoms with Gasteiger partial charge in [0.15, 0.2) is 23.0 Å². The molecule has 3 aromatic carbocycles. The summed E-state index contributed by atoms with van der Waals surface area (Å²) in [6.07, 6.45) is 7.42. The molecule has 14 heteroatoms. The lowest BCUT2D eigenvalue weighted by atomic mass is 9.93. The molecule has 5 aromatic rings. The minimum Gasteiger partial charge on any atom is -1.00 e. The standard InChI is InChI=1S/C40H43F2N7O4.HI/c1-3-28-21-29(9-10-31(28)39(50)45-22-26-14-19-49(2,20-15-26)25-27-13-17-47(24-27)40(51)52)46-37-38-44-23-33(48(38)18-16-43-37)32-11-12-34(36(42)35(32)41)53-30-7-5-4-6-8-30;/h4-12,16,18,21,23,26-27H,3,13-15,17,19-20,22,24-25H2,1-2H3,(H2-,43,45,46,50,51,52);1H. The minimum absolute atomic E-state index is 0. The molecule has 1 atom stereocenters. The van der Waals surface area contributed by atoms with Crippen molar-refractivity contribution in [1.29, 1.82) is 0 Å². The molecule has 2 aliphatic rings. The third-order valence-corrected chi connectivity index (χ3v) is 10.7. The molecule has 2 amide bonds. The summed E-state index contributed by atoms with van der Waals surface area (Å²) in [5, 5.41) is 15.8. The van der Waals surface area contributed by atoms with Crippen LogP contribution in [0, 0.1) is 23.5 Å². The highest BCUT2D eigenvalue weighted by atomic mass is 127. The predicted molar refractivity (Wildman–Crippen MR) is 198 cm³/mol. The first-order chi connectivity index (χ1) is 25.6. The number of piperidine rings is 1. The van der Waals surface area contributed by atoms with Crippen LogP contribution in [0.3, 0.4) is 0 Å². The number of carbonyl (C=O) groups excluding carboxylic acids is 1. The molecule has 284 valence electrons. The van der Waals surface area contributed by atoms with Gasteiger partial charge in [-0.1, -0.05) is 25.1 Å². The van der Waals surface area contributed by atoms with E-state index in [1.807, 2.05) is 25.1 Å². The van der Waals surface area contributed by atoms with Crippen molar-refractivity contribution >= 4 is 29.2 Å². The van der Waals surface area contributed by atoms with Crippen molar-refractivity contribution in [3.8, 4) is 22.8 Å². The highest BCUT2D eigenvalue weighted by Gasteiger charge is 2.36. The highest BCUT2D eigenvalue weighted by Crippen LogP contribution is 2.34. The quantitative estimate of drug-likeness (QED) is 0.134. The monoisotopic (exact) mass is 851 g/mol. The topological polar surface area (TPSA) is 121 Å². The van der Waals surface area contributed by atoms with E-state index < -0.39 is 17.7 Å². The zero-order valence-electron chi connectivity index (χ0n) is 30.3. The molecule has 2 fully saturated rings. The molecule has 0 bridgehead atoms. The SMILES string of the molecule is CCc1cc(Nc2nccn3c(-c4ccc(Oc5ccccc5)c(F)c4F)cnc23)ccc1C(=O)NCC1CC[N+](C)(CC2CCN(C(=O)O)C2)CC1.[I-]. The number of benzene rings is 3. The number of ether oxygens (including phenoxy) is 1. The molecule has 4 heterocycles. The van der Waals surface area contributed by atoms with Crippen LogP contribution in [0.5, 0.6) is 11.5 Å². The molecular formula is C40H44F2IN7O4. The summed E-state index contributed by atoms with van der Waals surface area (Å²) < 4.78 is 38.7. The minimum atomic E-state index is -1.10. The van der Waals surface area contributed by atoms with Crippen LogP contribution in [0.1, 0.15) is 42.1 Å². The molecule has 2 aliphatic heterocycles. The Morgan fingerprint density at radius 2 is 1.78 bits per heavy atom. The third-order valence-electron chi connectivity index (χ3n) is 10.7. The van der Waals surface area contributed by atoms with Crippen LogP contribution in [0.4, 0.5) is 25.1 Å². The van der Waals surface area contributed by atoms with Crippen LogP contribution in [0.15, 0.2) is 79.3 Å². The first kappa shape index (κ1) is 38.9. The normalized spacial score (nSPS) is 19.7. The maximum Gasteiger partial charge on any atom is 0.407 e. The molecule has 2 saturated heterocycles. The lowest BCUT2D eigenvalue weighted by Crippen LogP contribution is -3.00. The summed E-state index contributed by atoms with van der Waals surface area (Å²) >= 11 is 0. The number of hydrogen-bond acceptors (Lipinski definition) is 6. The first-order valence-electron chi connectivity index (χ1n) is 18.1. The molecule has 7 rings (SSSR count). The number of carboxylic acid groups (broad SMARTS) is 1. The number of halogens is 3. The molecule has 0 radical (unpaired) electrons. The van der Waals surface area contributed by atoms with E-state index in [2.05, 4.69) is 27.6 Å². The fraction of sp³-hybridized carbons (Fsp3) is 0.350. The highest BCUT2D eigenvalue weighted by molar-refractivity contribution is 5.96. The van der Waals surface area contributed by atoms with E-state index >= 15 is 8.78 Å². The van der Waals surface area contributed by atoms with Crippen molar-refractivity contribution in [1.82, 2.24) is 24.6 Å². The van der Waals surface area contributed by atoms with Gasteiger partial charge in [-0.25, -0.2) is 19.2 Å². The fourth-order valence-corrected chi connectivity index (χ4v) is 7.70. The van der Waals surface area contributed by atoms with Gasteiger partial charge in [-0.15, -0.1) is 0 Å². The number of anilines is 2. The molecular weight excluding hydrogens is 807 g/mol. The van der Waals surface area contributed by atoms with E-state index in [1.165, 1.54) is 23.2 Å². The third kappa shape index (κ3) is 8.44. The average molecular weight is 852 g/mol. The largest absolute Gasteiger partial charge is 1.00 e. The Morgan fingerprint density at radius 1 is 1.00 bits per heavy atom. The average Bonchev–Trinajstić information content (AvgIpc) is 3.82. The number of hydrogen-bond donors (Lipinski definition) is 3. The Hall–Kier alpha value is -4.83. The van der Waals surface area contributed by atoms with Crippen LogP contribution < -0.4 is 39.3 Å². The van der Waals surface area contributed by atoms with Crippen molar-refractivity contribution in [2.75, 3.05) is 51.6 Å². The van der Waals surface area contributed by atoms with Gasteiger partial charge in [0.2, 0.25) is 5.82 Å². The molecule has 3 N–H and O–H groups in total. The van der Waals surface area contributed by atoms with Crippen molar-refractivity contribution in [2.45, 2.75) is 32.6 Å². The predicted octanol–water partition coefficient (Wildman–Crippen LogP) is 4.36. The lowest BCUT2D eigenvalue weighted by Gasteiger charge is -2.42. The number of quaternary nitrogens is 1. The number of aryl methyl sites for hydroxylation is 1. The summed E-state index contributed by atoms with van der Waals surface area (Å²) in [4.78, 5) is 35.2. The summed E-state index contributed by atoms with van der Waals surface area (Å²) in [5.74, 6) is -0.872. The van der Waals surface area contributed by atoms with E-state index in [4.69, 9.17) is 4.74 Å². The van der Waals surface area contributed by atoms with Crippen LogP contribution in [0.2, 0.25) is 0 Å². The number of para-hydroxylation sites is 1. The molecule has 2 aromatic heterocycles. The number of nitrogens with zero attached hydrogens (tertiary/aromatic N) is 5. The molecule has 0 spiro atoms. The van der Waals surface area contributed by atoms with E-state index in [-0.39, 0.29) is 41.2 Å². The Morgan fingerprint density at radius 3 is 2.50 bits per heavy atom. The van der Waals surface area contributed by atoms with Crippen LogP contribution in [-0.2, 0) is 6.42 Å². The summed E-state index contributed by atoms with van der Waals surface area (Å²) in [7, 11) is 2.27. The number of amides is 2. The summed E-state index contributed by atoms with van der Waals surface area (Å²) in [6.45, 7) is 6.89. The van der Waals surface area contributed by atoms with Gasteiger partial charge in [-0.2, -0.15) is 4.39 Å². The van der Waals surface area contributed by atoms with Crippen molar-refractivity contribution in [3.63, 3.8) is 0 Å². The second-order valence-corrected chi connectivity index (χ2v) is 14.4. The number of imidazole rings is 1. The number of likely N-dealkylation sites (tertiary alicyclic amines) is 2. The van der Waals surface area contributed by atoms with Crippen LogP contribution in [0.25, 0.3) is 16.9 Å². The second kappa shape index (κ2) is 16.7. The second-order valence-electron chi connectivity index (χ2n) is 14.4. The van der Waals surface area contributed by atoms with E-state index in [0.29, 0.717) is 72.1 Å². The van der Waals surface area contributed by atoms with Crippen molar-refractivity contribution in [2.24, 2.45) is 11.8 Å². The van der Waals surface area contributed by atoms with Gasteiger partial charge in [0.1, 0.15) is 5.75 Å². The molecule has 11 nitrogen and oxygen atoms in total. The zero-order chi connectivity index (χ0) is 37.1. The zero-order valence-corrected chi connectivity index (χ0v) is 32.4. The van der Waals surface area contributed by atoms with Gasteiger partial charge in [0.05, 0.1) is 38.6 Å². The van der Waals surface area contributed by atoms with Gasteiger partial charge in [-0.05, 0) is 66.8 Å². The van der Waals surface area contributed by atoms with Gasteiger partial charge in [-0.3, -0.25) is 9.20 Å². The number of rotatable bonds is 11. The van der Waals surface area contributed by atoms with E-state index in [0.717, 1.165) is 48.9 Å². The molecule has 54 heavy (non-hydrogen) atoms. The fourth-order valence-electron chi connectivity index (χ4n) is 7.70. The summed E-state index contributed by atoms with van der Waals surface area (Å²) in [6, 6.07) is 17.0. The number of aromatic nitrogens is 3. The Kier molecular flexibility index (Phi) is 12.0. The van der Waals surface area contributed by atoms with Crippen molar-refractivity contribution < 1.29 is 56.7 Å². The van der Waals surface area contributed by atoms with Crippen molar-refractivity contribution in [3.05, 3.63) is 102 Å². The number of carbonyl (C=O) groups is 2. The maximum absolute atomic E-state index is 15.4. The lowest BCUT2D eigenvalue weighted by molar-refractivity contribution is -0.918. The summed E-state index contributed by atoms with van der Waals surface area (Å²) in [5.41, 5.74) is 2.98. The molecule has 0 saturated carbocycles. The van der Waals surface area contributed by atoms with E-state index in [9.17, 15) is 14.7 Å². The van der Waals surface area contributed by atoms with E-state index in [1.54, 1.807) is 47.1 Å². The Bertz CT molecular complexity index is 2120.